The maximum Gasteiger partial charge on any atom is 0.230 e. The molecule has 3 aromatic rings. The van der Waals surface area contributed by atoms with Crippen molar-refractivity contribution in [2.45, 2.75) is 26.8 Å². The van der Waals surface area contributed by atoms with Crippen molar-refractivity contribution in [2.24, 2.45) is 0 Å². The first-order valence-corrected chi connectivity index (χ1v) is 11.2. The summed E-state index contributed by atoms with van der Waals surface area (Å²) in [5, 5.41) is 5.93. The minimum Gasteiger partial charge on any atom is -0.379 e. The molecule has 2 heterocycles. The van der Waals surface area contributed by atoms with Crippen molar-refractivity contribution in [3.8, 4) is 10.6 Å². The molecule has 6 heteroatoms. The lowest BCUT2D eigenvalue weighted by atomic mass is 10.1. The van der Waals surface area contributed by atoms with Crippen molar-refractivity contribution in [3.63, 3.8) is 0 Å². The van der Waals surface area contributed by atoms with Gasteiger partial charge in [-0.1, -0.05) is 36.4 Å². The second kappa shape index (κ2) is 9.51. The smallest absolute Gasteiger partial charge is 0.230 e. The molecule has 1 aliphatic heterocycles. The summed E-state index contributed by atoms with van der Waals surface area (Å²) in [6, 6.07) is 14.5. The number of ether oxygens (including phenoxy) is 1. The molecule has 5 nitrogen and oxygen atoms in total. The molecular weight excluding hydrogens is 394 g/mol. The standard InChI is InChI=1S/C24H27N3O2S/c1-17-4-3-5-22(18(17)2)26-23(28)14-21-16-30-24(25-21)20-8-6-19(7-9-20)15-27-10-12-29-13-11-27/h3-9,16H,10-15H2,1-2H3,(H,26,28). The lowest BCUT2D eigenvalue weighted by molar-refractivity contribution is -0.115. The van der Waals surface area contributed by atoms with Gasteiger partial charge < -0.3 is 10.1 Å². The van der Waals surface area contributed by atoms with Crippen LogP contribution in [0.5, 0.6) is 0 Å². The van der Waals surface area contributed by atoms with E-state index in [9.17, 15) is 4.79 Å². The molecule has 0 spiro atoms. The van der Waals surface area contributed by atoms with Crippen molar-refractivity contribution in [1.82, 2.24) is 9.88 Å². The number of carbonyl (C=O) groups is 1. The van der Waals surface area contributed by atoms with Crippen LogP contribution < -0.4 is 5.32 Å². The first-order chi connectivity index (χ1) is 14.6. The molecular formula is C24H27N3O2S. The normalized spacial score (nSPS) is 14.6. The highest BCUT2D eigenvalue weighted by atomic mass is 32.1. The quantitative estimate of drug-likeness (QED) is 0.639. The number of carbonyl (C=O) groups excluding carboxylic acids is 1. The molecule has 2 aromatic carbocycles. The Labute approximate surface area is 181 Å². The topological polar surface area (TPSA) is 54.5 Å². The van der Waals surface area contributed by atoms with Gasteiger partial charge in [-0.15, -0.1) is 11.3 Å². The lowest BCUT2D eigenvalue weighted by Crippen LogP contribution is -2.35. The van der Waals surface area contributed by atoms with E-state index in [0.29, 0.717) is 0 Å². The number of thiazole rings is 1. The van der Waals surface area contributed by atoms with Crippen LogP contribution in [0.4, 0.5) is 5.69 Å². The Bertz CT molecular complexity index is 1010. The van der Waals surface area contributed by atoms with Crippen LogP contribution in [-0.2, 0) is 22.5 Å². The summed E-state index contributed by atoms with van der Waals surface area (Å²) in [6.07, 6.45) is 0.277. The third kappa shape index (κ3) is 5.14. The van der Waals surface area contributed by atoms with Crippen LogP contribution in [0.2, 0.25) is 0 Å². The van der Waals surface area contributed by atoms with Crippen LogP contribution in [-0.4, -0.2) is 42.1 Å². The molecule has 0 saturated carbocycles. The van der Waals surface area contributed by atoms with Gasteiger partial charge in [0.25, 0.3) is 0 Å². The number of aryl methyl sites for hydroxylation is 1. The molecule has 1 N–H and O–H groups in total. The first-order valence-electron chi connectivity index (χ1n) is 10.3. The van der Waals surface area contributed by atoms with Gasteiger partial charge in [0.05, 0.1) is 25.3 Å². The van der Waals surface area contributed by atoms with Crippen molar-refractivity contribution in [2.75, 3.05) is 31.6 Å². The number of nitrogens with zero attached hydrogens (tertiary/aromatic N) is 2. The highest BCUT2D eigenvalue weighted by molar-refractivity contribution is 7.13. The van der Waals surface area contributed by atoms with E-state index in [4.69, 9.17) is 4.74 Å². The summed E-state index contributed by atoms with van der Waals surface area (Å²) in [4.78, 5) is 19.6. The van der Waals surface area contributed by atoms with Crippen LogP contribution in [0.25, 0.3) is 10.6 Å². The Morgan fingerprint density at radius 1 is 1.13 bits per heavy atom. The monoisotopic (exact) mass is 421 g/mol. The van der Waals surface area contributed by atoms with Gasteiger partial charge in [0.2, 0.25) is 5.91 Å². The van der Waals surface area contributed by atoms with E-state index in [2.05, 4.69) is 39.5 Å². The zero-order valence-corrected chi connectivity index (χ0v) is 18.3. The average molecular weight is 422 g/mol. The molecule has 4 rings (SSSR count). The van der Waals surface area contributed by atoms with Crippen molar-refractivity contribution in [3.05, 3.63) is 70.2 Å². The highest BCUT2D eigenvalue weighted by Gasteiger charge is 2.13. The summed E-state index contributed by atoms with van der Waals surface area (Å²) >= 11 is 1.58. The van der Waals surface area contributed by atoms with E-state index in [1.807, 2.05) is 37.4 Å². The number of amides is 1. The second-order valence-corrected chi connectivity index (χ2v) is 8.56. The van der Waals surface area contributed by atoms with E-state index in [0.717, 1.165) is 60.4 Å². The fourth-order valence-electron chi connectivity index (χ4n) is 3.54. The fourth-order valence-corrected chi connectivity index (χ4v) is 4.36. The van der Waals surface area contributed by atoms with Crippen LogP contribution in [0.15, 0.2) is 47.8 Å². The van der Waals surface area contributed by atoms with Gasteiger partial charge in [0, 0.05) is 36.3 Å². The molecule has 1 fully saturated rings. The Morgan fingerprint density at radius 2 is 1.90 bits per heavy atom. The van der Waals surface area contributed by atoms with Crippen molar-refractivity contribution >= 4 is 22.9 Å². The number of hydrogen-bond acceptors (Lipinski definition) is 5. The molecule has 0 aliphatic carbocycles. The predicted octanol–water partition coefficient (Wildman–Crippen LogP) is 4.44. The van der Waals surface area contributed by atoms with E-state index >= 15 is 0 Å². The van der Waals surface area contributed by atoms with Crippen LogP contribution >= 0.6 is 11.3 Å². The second-order valence-electron chi connectivity index (χ2n) is 7.70. The first kappa shape index (κ1) is 20.7. The molecule has 30 heavy (non-hydrogen) atoms. The van der Waals surface area contributed by atoms with Gasteiger partial charge in [-0.2, -0.15) is 0 Å². The van der Waals surface area contributed by atoms with Gasteiger partial charge in [0.1, 0.15) is 5.01 Å². The van der Waals surface area contributed by atoms with Gasteiger partial charge in [-0.25, -0.2) is 4.98 Å². The van der Waals surface area contributed by atoms with Crippen LogP contribution in [0, 0.1) is 13.8 Å². The van der Waals surface area contributed by atoms with Crippen LogP contribution in [0.3, 0.4) is 0 Å². The number of aromatic nitrogens is 1. The van der Waals surface area contributed by atoms with E-state index in [1.165, 1.54) is 11.1 Å². The summed E-state index contributed by atoms with van der Waals surface area (Å²) in [7, 11) is 0. The Morgan fingerprint density at radius 3 is 2.67 bits per heavy atom. The predicted molar refractivity (Wildman–Crippen MR) is 122 cm³/mol. The Hall–Kier alpha value is -2.54. The molecule has 1 amide bonds. The van der Waals surface area contributed by atoms with Gasteiger partial charge in [-0.3, -0.25) is 9.69 Å². The largest absolute Gasteiger partial charge is 0.379 e. The molecule has 1 aliphatic rings. The third-order valence-electron chi connectivity index (χ3n) is 5.48. The number of benzene rings is 2. The van der Waals surface area contributed by atoms with Crippen molar-refractivity contribution < 1.29 is 9.53 Å². The number of morpholine rings is 1. The summed E-state index contributed by atoms with van der Waals surface area (Å²) in [5.74, 6) is -0.0404. The minimum atomic E-state index is -0.0404. The fraction of sp³-hybridized carbons (Fsp3) is 0.333. The summed E-state index contributed by atoms with van der Waals surface area (Å²) in [5.41, 5.74) is 6.32. The number of hydrogen-bond donors (Lipinski definition) is 1. The SMILES string of the molecule is Cc1cccc(NC(=O)Cc2csc(-c3ccc(CN4CCOCC4)cc3)n2)c1C. The van der Waals surface area contributed by atoms with E-state index in [1.54, 1.807) is 11.3 Å². The maximum absolute atomic E-state index is 12.5. The highest BCUT2D eigenvalue weighted by Crippen LogP contribution is 2.25. The number of rotatable bonds is 6. The van der Waals surface area contributed by atoms with E-state index < -0.39 is 0 Å². The number of nitrogens with one attached hydrogen (secondary N) is 1. The van der Waals surface area contributed by atoms with Gasteiger partial charge >= 0.3 is 0 Å². The number of anilines is 1. The van der Waals surface area contributed by atoms with Crippen molar-refractivity contribution in [1.29, 1.82) is 0 Å². The summed E-state index contributed by atoms with van der Waals surface area (Å²) < 4.78 is 5.41. The third-order valence-corrected chi connectivity index (χ3v) is 6.42. The zero-order valence-electron chi connectivity index (χ0n) is 17.5. The molecule has 1 aromatic heterocycles. The van der Waals surface area contributed by atoms with Crippen LogP contribution in [0.1, 0.15) is 22.4 Å². The average Bonchev–Trinajstić information content (AvgIpc) is 3.21. The summed E-state index contributed by atoms with van der Waals surface area (Å²) in [6.45, 7) is 8.63. The minimum absolute atomic E-state index is 0.0404. The Kier molecular flexibility index (Phi) is 6.57. The maximum atomic E-state index is 12.5. The van der Waals surface area contributed by atoms with Gasteiger partial charge in [-0.05, 0) is 36.6 Å². The molecule has 156 valence electrons. The molecule has 0 unspecified atom stereocenters. The van der Waals surface area contributed by atoms with Gasteiger partial charge in [0.15, 0.2) is 0 Å². The molecule has 0 bridgehead atoms. The molecule has 1 saturated heterocycles. The zero-order chi connectivity index (χ0) is 20.9. The molecule has 0 atom stereocenters. The molecule has 0 radical (unpaired) electrons. The van der Waals surface area contributed by atoms with E-state index in [-0.39, 0.29) is 12.3 Å². The Balaban J connectivity index is 1.36. The lowest BCUT2D eigenvalue weighted by Gasteiger charge is -2.26.